The van der Waals surface area contributed by atoms with Crippen LogP contribution in [0.25, 0.3) is 11.3 Å². The minimum absolute atomic E-state index is 0.262. The van der Waals surface area contributed by atoms with Crippen LogP contribution in [-0.4, -0.2) is 34.6 Å². The summed E-state index contributed by atoms with van der Waals surface area (Å²) in [6.07, 6.45) is 6.73. The van der Waals surface area contributed by atoms with Crippen molar-refractivity contribution < 1.29 is 9.53 Å². The Morgan fingerprint density at radius 1 is 1.38 bits per heavy atom. The number of carbonyl (C=O) groups excluding carboxylic acids is 1. The second-order valence-corrected chi connectivity index (χ2v) is 7.13. The van der Waals surface area contributed by atoms with E-state index in [-0.39, 0.29) is 12.2 Å². The number of aromatic nitrogens is 2. The second-order valence-electron chi connectivity index (χ2n) is 6.73. The number of ether oxygens (including phenoxy) is 1. The van der Waals surface area contributed by atoms with Crippen molar-refractivity contribution in [3.05, 3.63) is 41.2 Å². The zero-order valence-electron chi connectivity index (χ0n) is 14.8. The highest BCUT2D eigenvalue weighted by atomic mass is 35.5. The van der Waals surface area contributed by atoms with Gasteiger partial charge < -0.3 is 15.8 Å². The van der Waals surface area contributed by atoms with E-state index < -0.39 is 5.91 Å². The third kappa shape index (κ3) is 4.31. The lowest BCUT2D eigenvalue weighted by Gasteiger charge is -2.32. The van der Waals surface area contributed by atoms with Crippen molar-refractivity contribution in [1.29, 1.82) is 0 Å². The highest BCUT2D eigenvalue weighted by Crippen LogP contribution is 2.30. The third-order valence-corrected chi connectivity index (χ3v) is 4.80. The summed E-state index contributed by atoms with van der Waals surface area (Å²) < 4.78 is 5.78. The molecule has 6 nitrogen and oxygen atoms in total. The molecule has 1 amide bonds. The van der Waals surface area contributed by atoms with Gasteiger partial charge in [0, 0.05) is 18.3 Å². The van der Waals surface area contributed by atoms with Crippen molar-refractivity contribution in [1.82, 2.24) is 9.97 Å². The fraction of sp³-hybridized carbons (Fsp3) is 0.421. The van der Waals surface area contributed by atoms with Crippen LogP contribution in [0.2, 0.25) is 5.02 Å². The van der Waals surface area contributed by atoms with Crippen LogP contribution in [0.3, 0.4) is 0 Å². The second kappa shape index (κ2) is 8.01. The number of hydrogen-bond donors (Lipinski definition) is 2. The maximum absolute atomic E-state index is 11.8. The number of hydrogen-bond acceptors (Lipinski definition) is 5. The average Bonchev–Trinajstić information content (AvgIpc) is 2.59. The zero-order chi connectivity index (χ0) is 18.7. The predicted octanol–water partition coefficient (Wildman–Crippen LogP) is 3.31. The molecule has 0 saturated carbocycles. The molecule has 7 heteroatoms. The number of anilines is 1. The number of rotatable bonds is 5. The number of nitrogens with zero attached hydrogens (tertiary/aromatic N) is 2. The van der Waals surface area contributed by atoms with E-state index in [0.717, 1.165) is 19.4 Å². The maximum atomic E-state index is 11.8. The van der Waals surface area contributed by atoms with Crippen LogP contribution < -0.4 is 11.1 Å². The highest BCUT2D eigenvalue weighted by molar-refractivity contribution is 6.33. The average molecular weight is 374 g/mol. The third-order valence-electron chi connectivity index (χ3n) is 4.50. The molecule has 3 heterocycles. The van der Waals surface area contributed by atoms with Gasteiger partial charge in [0.1, 0.15) is 5.82 Å². The Morgan fingerprint density at radius 2 is 2.12 bits per heavy atom. The summed E-state index contributed by atoms with van der Waals surface area (Å²) in [7, 11) is 0. The van der Waals surface area contributed by atoms with Gasteiger partial charge in [-0.3, -0.25) is 9.78 Å². The van der Waals surface area contributed by atoms with E-state index in [1.807, 2.05) is 0 Å². The van der Waals surface area contributed by atoms with Crippen LogP contribution in [0.15, 0.2) is 24.4 Å². The van der Waals surface area contributed by atoms with E-state index in [2.05, 4.69) is 35.3 Å². The summed E-state index contributed by atoms with van der Waals surface area (Å²) in [4.78, 5) is 20.2. The topological polar surface area (TPSA) is 90.1 Å². The molecule has 1 saturated heterocycles. The van der Waals surface area contributed by atoms with E-state index in [1.54, 1.807) is 18.2 Å². The molecule has 0 bridgehead atoms. The van der Waals surface area contributed by atoms with Crippen molar-refractivity contribution in [2.45, 2.75) is 38.9 Å². The number of carbonyl (C=O) groups is 1. The predicted molar refractivity (Wildman–Crippen MR) is 101 cm³/mol. The molecular weight excluding hydrogens is 352 g/mol. The van der Waals surface area contributed by atoms with Crippen LogP contribution in [0.5, 0.6) is 0 Å². The van der Waals surface area contributed by atoms with Crippen LogP contribution in [0.1, 0.15) is 37.0 Å². The Balaban J connectivity index is 1.82. The van der Waals surface area contributed by atoms with Crippen molar-refractivity contribution in [2.24, 2.45) is 11.7 Å². The molecule has 137 valence electrons. The number of amides is 1. The summed E-state index contributed by atoms with van der Waals surface area (Å²) in [6.45, 7) is 4.99. The van der Waals surface area contributed by atoms with Gasteiger partial charge in [0.2, 0.25) is 0 Å². The highest BCUT2D eigenvalue weighted by Gasteiger charge is 2.24. The Kier molecular flexibility index (Phi) is 5.74. The molecule has 0 aliphatic carbocycles. The summed E-state index contributed by atoms with van der Waals surface area (Å²) in [6, 6.07) is 5.02. The summed E-state index contributed by atoms with van der Waals surface area (Å²) in [5, 5.41) is 3.76. The van der Waals surface area contributed by atoms with Gasteiger partial charge in [-0.15, -0.1) is 0 Å². The number of pyridine rings is 2. The molecule has 1 unspecified atom stereocenters. The maximum Gasteiger partial charge on any atom is 0.250 e. The fourth-order valence-electron chi connectivity index (χ4n) is 3.44. The van der Waals surface area contributed by atoms with E-state index in [9.17, 15) is 4.79 Å². The molecule has 2 aromatic heterocycles. The first-order valence-corrected chi connectivity index (χ1v) is 9.04. The first kappa shape index (κ1) is 18.6. The first-order chi connectivity index (χ1) is 12.4. The van der Waals surface area contributed by atoms with E-state index >= 15 is 0 Å². The van der Waals surface area contributed by atoms with E-state index in [0.29, 0.717) is 33.6 Å². The summed E-state index contributed by atoms with van der Waals surface area (Å²) >= 11 is 6.21. The van der Waals surface area contributed by atoms with Crippen molar-refractivity contribution in [2.75, 3.05) is 11.9 Å². The minimum atomic E-state index is -0.556. The Labute approximate surface area is 158 Å². The van der Waals surface area contributed by atoms with Crippen LogP contribution >= 0.6 is 11.6 Å². The van der Waals surface area contributed by atoms with Gasteiger partial charge >= 0.3 is 0 Å². The van der Waals surface area contributed by atoms with Gasteiger partial charge in [-0.25, -0.2) is 4.98 Å². The first-order valence-electron chi connectivity index (χ1n) is 8.66. The van der Waals surface area contributed by atoms with Crippen LogP contribution in [0, 0.1) is 12.1 Å². The molecule has 1 radical (unpaired) electrons. The molecule has 26 heavy (non-hydrogen) atoms. The number of nitrogens with one attached hydrogen (secondary N) is 1. The molecule has 0 aromatic carbocycles. The molecule has 3 N–H and O–H groups in total. The fourth-order valence-corrected chi connectivity index (χ4v) is 3.63. The number of nitrogens with two attached hydrogens (primary N) is 1. The van der Waals surface area contributed by atoms with Crippen molar-refractivity contribution in [3.8, 4) is 11.3 Å². The number of halogens is 1. The molecule has 0 spiro atoms. The zero-order valence-corrected chi connectivity index (χ0v) is 15.6. The quantitative estimate of drug-likeness (QED) is 0.839. The Hall–Kier alpha value is -2.18. The Bertz CT molecular complexity index is 789. The van der Waals surface area contributed by atoms with Gasteiger partial charge in [0.05, 0.1) is 34.7 Å². The largest absolute Gasteiger partial charge is 0.376 e. The normalized spacial score (nSPS) is 22.8. The minimum Gasteiger partial charge on any atom is -0.376 e. The van der Waals surface area contributed by atoms with Crippen LogP contribution in [-0.2, 0) is 4.74 Å². The standard InChI is InChI=1S/C19H22ClN4O2/c1-11-7-13(8-12(2)26-11)9-23-17-4-3-15(19(21)25)18(24-17)14-5-6-22-10-16(14)20/h3-5,10-13H,7-9H2,1-2H3,(H2,21,25)(H,23,24)/t11-,12+,13?. The van der Waals surface area contributed by atoms with E-state index in [4.69, 9.17) is 22.1 Å². The molecule has 3 rings (SSSR count). The summed E-state index contributed by atoms with van der Waals surface area (Å²) in [5.74, 6) is 0.622. The summed E-state index contributed by atoms with van der Waals surface area (Å²) in [5.41, 5.74) is 6.81. The molecule has 1 aliphatic rings. The van der Waals surface area contributed by atoms with E-state index in [1.165, 1.54) is 6.20 Å². The SMILES string of the molecule is C[C@@H]1CC(CNc2ccc(C(N)=O)c(-c3c[c]ncc3Cl)n2)C[C@H](C)O1. The van der Waals surface area contributed by atoms with Crippen molar-refractivity contribution >= 4 is 23.3 Å². The van der Waals surface area contributed by atoms with Gasteiger partial charge in [0.15, 0.2) is 0 Å². The van der Waals surface area contributed by atoms with Crippen LogP contribution in [0.4, 0.5) is 5.82 Å². The number of primary amides is 1. The van der Waals surface area contributed by atoms with Gasteiger partial charge in [0.25, 0.3) is 5.91 Å². The molecule has 2 aromatic rings. The van der Waals surface area contributed by atoms with Gasteiger partial charge in [-0.05, 0) is 50.8 Å². The smallest absolute Gasteiger partial charge is 0.250 e. The molecular formula is C19H22ClN4O2. The van der Waals surface area contributed by atoms with Gasteiger partial charge in [-0.2, -0.15) is 0 Å². The lowest BCUT2D eigenvalue weighted by Crippen LogP contribution is -2.32. The molecule has 3 atom stereocenters. The van der Waals surface area contributed by atoms with Crippen molar-refractivity contribution in [3.63, 3.8) is 0 Å². The molecule has 1 aliphatic heterocycles. The lowest BCUT2D eigenvalue weighted by atomic mass is 9.92. The Morgan fingerprint density at radius 3 is 2.77 bits per heavy atom. The monoisotopic (exact) mass is 373 g/mol. The lowest BCUT2D eigenvalue weighted by molar-refractivity contribution is -0.0495. The van der Waals surface area contributed by atoms with Gasteiger partial charge in [-0.1, -0.05) is 11.6 Å². The molecule has 1 fully saturated rings.